The van der Waals surface area contributed by atoms with Crippen LogP contribution in [0, 0.1) is 5.41 Å². The maximum Gasteiger partial charge on any atom is 0.0178 e. The predicted molar refractivity (Wildman–Crippen MR) is 58.6 cm³/mol. The van der Waals surface area contributed by atoms with Gasteiger partial charge in [-0.1, -0.05) is 6.92 Å². The molecule has 0 aliphatic heterocycles. The lowest BCUT2D eigenvalue weighted by Crippen LogP contribution is -2.61. The monoisotopic (exact) mass is 187 g/mol. The zero-order valence-corrected chi connectivity index (χ0v) is 9.89. The zero-order valence-electron chi connectivity index (χ0n) is 9.89. The van der Waals surface area contributed by atoms with Crippen LogP contribution >= 0.6 is 0 Å². The fraction of sp³-hybridized carbons (Fsp3) is 1.00. The Morgan fingerprint density at radius 3 is 1.69 bits per heavy atom. The minimum absolute atomic E-state index is 0.0590. The van der Waals surface area contributed by atoms with Crippen LogP contribution in [0.15, 0.2) is 0 Å². The molecule has 0 saturated heterocycles. The highest BCUT2D eigenvalue weighted by Crippen LogP contribution is 2.32. The number of hydrogen-bond acceptors (Lipinski definition) is 3. The molecule has 13 heavy (non-hydrogen) atoms. The molecule has 3 nitrogen and oxygen atoms in total. The molecule has 0 aromatic heterocycles. The Hall–Kier alpha value is -0.120. The van der Waals surface area contributed by atoms with Crippen molar-refractivity contribution in [3.05, 3.63) is 0 Å². The number of nitrogens with zero attached hydrogens (tertiary/aromatic N) is 1. The molecular formula is C10H25N3. The van der Waals surface area contributed by atoms with E-state index in [0.717, 1.165) is 6.54 Å². The summed E-state index contributed by atoms with van der Waals surface area (Å²) in [5.41, 5.74) is 11.8. The molecular weight excluding hydrogens is 162 g/mol. The van der Waals surface area contributed by atoms with Crippen molar-refractivity contribution in [3.8, 4) is 0 Å². The summed E-state index contributed by atoms with van der Waals surface area (Å²) in [4.78, 5) is 2.14. The summed E-state index contributed by atoms with van der Waals surface area (Å²) in [6, 6.07) is 0.0925. The van der Waals surface area contributed by atoms with Gasteiger partial charge in [-0.3, -0.25) is 0 Å². The topological polar surface area (TPSA) is 55.3 Å². The highest BCUT2D eigenvalue weighted by Gasteiger charge is 2.41. The molecule has 0 bridgehead atoms. The Morgan fingerprint density at radius 2 is 1.62 bits per heavy atom. The summed E-state index contributed by atoms with van der Waals surface area (Å²) in [5, 5.41) is 0. The van der Waals surface area contributed by atoms with Crippen molar-refractivity contribution < 1.29 is 0 Å². The number of nitrogens with two attached hydrogens (primary N) is 2. The standard InChI is InChI=1S/C10H25N3/c1-8(11)10(4,7-13(5)6)9(2,3)12/h8H,7,11-12H2,1-6H3. The molecule has 0 aliphatic rings. The second-order valence-electron chi connectivity index (χ2n) is 5.17. The normalized spacial score (nSPS) is 20.1. The molecule has 0 radical (unpaired) electrons. The van der Waals surface area contributed by atoms with Crippen LogP contribution in [-0.2, 0) is 0 Å². The molecule has 3 heteroatoms. The van der Waals surface area contributed by atoms with Crippen molar-refractivity contribution in [3.63, 3.8) is 0 Å². The van der Waals surface area contributed by atoms with Gasteiger partial charge in [0.1, 0.15) is 0 Å². The van der Waals surface area contributed by atoms with Crippen molar-refractivity contribution in [1.82, 2.24) is 4.90 Å². The van der Waals surface area contributed by atoms with Gasteiger partial charge in [-0.05, 0) is 34.9 Å². The van der Waals surface area contributed by atoms with Crippen LogP contribution in [0.25, 0.3) is 0 Å². The smallest absolute Gasteiger partial charge is 0.0178 e. The summed E-state index contributed by atoms with van der Waals surface area (Å²) >= 11 is 0. The van der Waals surface area contributed by atoms with Gasteiger partial charge in [0.25, 0.3) is 0 Å². The summed E-state index contributed by atoms with van der Waals surface area (Å²) < 4.78 is 0. The Bertz CT molecular complexity index is 158. The van der Waals surface area contributed by atoms with E-state index in [1.807, 2.05) is 34.9 Å². The van der Waals surface area contributed by atoms with Gasteiger partial charge in [-0.25, -0.2) is 0 Å². The van der Waals surface area contributed by atoms with E-state index in [9.17, 15) is 0 Å². The summed E-state index contributed by atoms with van der Waals surface area (Å²) in [5.74, 6) is 0. The highest BCUT2D eigenvalue weighted by molar-refractivity contribution is 4.99. The number of hydrogen-bond donors (Lipinski definition) is 2. The fourth-order valence-electron chi connectivity index (χ4n) is 1.59. The predicted octanol–water partition coefficient (Wildman–Crippen LogP) is 0.639. The molecule has 4 N–H and O–H groups in total. The van der Waals surface area contributed by atoms with Crippen LogP contribution in [0.3, 0.4) is 0 Å². The molecule has 0 spiro atoms. The zero-order chi connectivity index (χ0) is 10.9. The lowest BCUT2D eigenvalue weighted by molar-refractivity contribution is 0.0976. The van der Waals surface area contributed by atoms with Gasteiger partial charge in [-0.2, -0.15) is 0 Å². The molecule has 2 unspecified atom stereocenters. The first-order chi connectivity index (χ1) is 5.61. The molecule has 0 aliphatic carbocycles. The molecule has 0 heterocycles. The van der Waals surface area contributed by atoms with Crippen LogP contribution in [-0.4, -0.2) is 37.1 Å². The summed E-state index contributed by atoms with van der Waals surface area (Å²) in [6.07, 6.45) is 0. The van der Waals surface area contributed by atoms with Crippen LogP contribution in [0.5, 0.6) is 0 Å². The van der Waals surface area contributed by atoms with E-state index < -0.39 is 0 Å². The largest absolute Gasteiger partial charge is 0.327 e. The highest BCUT2D eigenvalue weighted by atomic mass is 15.1. The SMILES string of the molecule is CC(N)C(C)(CN(C)C)C(C)(C)N. The lowest BCUT2D eigenvalue weighted by atomic mass is 9.68. The van der Waals surface area contributed by atoms with E-state index in [1.165, 1.54) is 0 Å². The van der Waals surface area contributed by atoms with Crippen LogP contribution in [0.1, 0.15) is 27.7 Å². The van der Waals surface area contributed by atoms with E-state index in [1.54, 1.807) is 0 Å². The van der Waals surface area contributed by atoms with Crippen molar-refractivity contribution in [1.29, 1.82) is 0 Å². The Labute approximate surface area is 82.5 Å². The molecule has 80 valence electrons. The van der Waals surface area contributed by atoms with Crippen LogP contribution < -0.4 is 11.5 Å². The quantitative estimate of drug-likeness (QED) is 0.679. The Balaban J connectivity index is 4.74. The minimum atomic E-state index is -0.258. The van der Waals surface area contributed by atoms with Gasteiger partial charge in [0, 0.05) is 23.5 Å². The van der Waals surface area contributed by atoms with Crippen molar-refractivity contribution in [2.45, 2.75) is 39.3 Å². The number of rotatable bonds is 4. The average molecular weight is 187 g/mol. The van der Waals surface area contributed by atoms with E-state index in [0.29, 0.717) is 0 Å². The molecule has 0 saturated carbocycles. The third-order valence-electron chi connectivity index (χ3n) is 3.12. The third kappa shape index (κ3) is 2.93. The molecule has 0 aromatic rings. The molecule has 0 fully saturated rings. The fourth-order valence-corrected chi connectivity index (χ4v) is 1.59. The minimum Gasteiger partial charge on any atom is -0.327 e. The van der Waals surface area contributed by atoms with Gasteiger partial charge < -0.3 is 16.4 Å². The van der Waals surface area contributed by atoms with E-state index >= 15 is 0 Å². The van der Waals surface area contributed by atoms with Crippen molar-refractivity contribution in [2.24, 2.45) is 16.9 Å². The molecule has 0 aromatic carbocycles. The maximum atomic E-state index is 6.16. The van der Waals surface area contributed by atoms with Crippen LogP contribution in [0.4, 0.5) is 0 Å². The Kier molecular flexibility index (Phi) is 3.91. The van der Waals surface area contributed by atoms with Gasteiger partial charge in [-0.15, -0.1) is 0 Å². The first-order valence-electron chi connectivity index (χ1n) is 4.80. The van der Waals surface area contributed by atoms with E-state index in [2.05, 4.69) is 11.8 Å². The second-order valence-corrected chi connectivity index (χ2v) is 5.17. The second kappa shape index (κ2) is 3.95. The molecule has 0 amide bonds. The molecule has 0 rings (SSSR count). The Morgan fingerprint density at radius 1 is 1.23 bits per heavy atom. The average Bonchev–Trinajstić information content (AvgIpc) is 1.82. The summed E-state index contributed by atoms with van der Waals surface area (Å²) in [6.45, 7) is 9.17. The van der Waals surface area contributed by atoms with Crippen molar-refractivity contribution >= 4 is 0 Å². The van der Waals surface area contributed by atoms with Gasteiger partial charge in [0.2, 0.25) is 0 Å². The molecule has 2 atom stereocenters. The van der Waals surface area contributed by atoms with Gasteiger partial charge in [0.05, 0.1) is 0 Å². The van der Waals surface area contributed by atoms with Gasteiger partial charge >= 0.3 is 0 Å². The van der Waals surface area contributed by atoms with E-state index in [-0.39, 0.29) is 17.0 Å². The summed E-state index contributed by atoms with van der Waals surface area (Å²) in [7, 11) is 4.10. The first kappa shape index (κ1) is 12.9. The maximum absolute atomic E-state index is 6.16. The van der Waals surface area contributed by atoms with Gasteiger partial charge in [0.15, 0.2) is 0 Å². The van der Waals surface area contributed by atoms with Crippen LogP contribution in [0.2, 0.25) is 0 Å². The lowest BCUT2D eigenvalue weighted by Gasteiger charge is -2.46. The third-order valence-corrected chi connectivity index (χ3v) is 3.12. The van der Waals surface area contributed by atoms with Crippen molar-refractivity contribution in [2.75, 3.05) is 20.6 Å². The van der Waals surface area contributed by atoms with E-state index in [4.69, 9.17) is 11.5 Å². The first-order valence-corrected chi connectivity index (χ1v) is 4.80.